The number of aromatic nitrogens is 2. The number of halogens is 3. The molecule has 39 heavy (non-hydrogen) atoms. The highest BCUT2D eigenvalue weighted by Gasteiger charge is 2.35. The van der Waals surface area contributed by atoms with E-state index in [9.17, 15) is 22.8 Å². The number of rotatable bonds is 6. The first kappa shape index (κ1) is 29.1. The van der Waals surface area contributed by atoms with Gasteiger partial charge in [-0.3, -0.25) is 19.2 Å². The lowest BCUT2D eigenvalue weighted by Crippen LogP contribution is -2.53. The second kappa shape index (κ2) is 12.5. The number of carbonyl (C=O) groups is 2. The average molecular weight is 548 g/mol. The third-order valence-corrected chi connectivity index (χ3v) is 7.95. The Kier molecular flexibility index (Phi) is 9.35. The Morgan fingerprint density at radius 1 is 1.08 bits per heavy atom. The van der Waals surface area contributed by atoms with Crippen molar-refractivity contribution in [1.82, 2.24) is 19.6 Å². The summed E-state index contributed by atoms with van der Waals surface area (Å²) >= 11 is 0. The maximum absolute atomic E-state index is 13.7. The van der Waals surface area contributed by atoms with E-state index in [1.807, 2.05) is 36.1 Å². The molecule has 4 rings (SSSR count). The lowest BCUT2D eigenvalue weighted by atomic mass is 9.92. The Morgan fingerprint density at radius 3 is 2.51 bits per heavy atom. The smallest absolute Gasteiger partial charge is 0.335 e. The Labute approximate surface area is 228 Å². The summed E-state index contributed by atoms with van der Waals surface area (Å²) in [6.45, 7) is 8.27. The molecule has 2 aliphatic heterocycles. The number of benzene rings is 1. The molecule has 10 heteroatoms. The van der Waals surface area contributed by atoms with Crippen LogP contribution in [-0.2, 0) is 28.9 Å². The van der Waals surface area contributed by atoms with E-state index < -0.39 is 11.7 Å². The first-order chi connectivity index (χ1) is 18.6. The number of hydrogen-bond acceptors (Lipinski definition) is 4. The number of fused-ring (bicyclic) bond motifs is 3. The SMILES string of the molecule is CCC(=O)N1CCC2CCCC(CN(C(=O)Cn3cc(C(F)(F)F)cn3)Cc3ccccc31)N2CCC(C)C. The third kappa shape index (κ3) is 7.21. The van der Waals surface area contributed by atoms with E-state index >= 15 is 0 Å². The van der Waals surface area contributed by atoms with Crippen LogP contribution in [0.3, 0.4) is 0 Å². The maximum atomic E-state index is 13.7. The molecule has 0 radical (unpaired) electrons. The molecule has 1 fully saturated rings. The van der Waals surface area contributed by atoms with Crippen LogP contribution in [0.1, 0.15) is 70.4 Å². The van der Waals surface area contributed by atoms with Gasteiger partial charge in [0, 0.05) is 50.0 Å². The summed E-state index contributed by atoms with van der Waals surface area (Å²) in [5.41, 5.74) is 0.779. The zero-order valence-corrected chi connectivity index (χ0v) is 23.2. The fourth-order valence-electron chi connectivity index (χ4n) is 5.80. The molecular formula is C29H40F3N5O2. The van der Waals surface area contributed by atoms with Gasteiger partial charge in [-0.25, -0.2) is 0 Å². The largest absolute Gasteiger partial charge is 0.419 e. The summed E-state index contributed by atoms with van der Waals surface area (Å²) in [5, 5.41) is 3.81. The van der Waals surface area contributed by atoms with Crippen LogP contribution in [0.2, 0.25) is 0 Å². The normalized spacial score (nSPS) is 21.0. The summed E-state index contributed by atoms with van der Waals surface area (Å²) in [5.74, 6) is 0.281. The van der Waals surface area contributed by atoms with E-state index in [1.54, 1.807) is 4.90 Å². The molecule has 7 nitrogen and oxygen atoms in total. The second-order valence-corrected chi connectivity index (χ2v) is 11.2. The van der Waals surface area contributed by atoms with Crippen molar-refractivity contribution in [2.75, 3.05) is 24.5 Å². The molecule has 2 atom stereocenters. The molecule has 0 N–H and O–H groups in total. The minimum Gasteiger partial charge on any atom is -0.335 e. The van der Waals surface area contributed by atoms with Crippen molar-refractivity contribution in [3.8, 4) is 0 Å². The molecule has 2 bridgehead atoms. The number of amides is 2. The van der Waals surface area contributed by atoms with Crippen LogP contribution in [0, 0.1) is 5.92 Å². The predicted molar refractivity (Wildman–Crippen MR) is 144 cm³/mol. The Bertz CT molecular complexity index is 1130. The molecule has 1 aromatic heterocycles. The first-order valence-electron chi connectivity index (χ1n) is 14.1. The van der Waals surface area contributed by atoms with E-state index in [0.29, 0.717) is 31.5 Å². The molecule has 214 valence electrons. The van der Waals surface area contributed by atoms with Gasteiger partial charge in [0.05, 0.1) is 11.8 Å². The summed E-state index contributed by atoms with van der Waals surface area (Å²) in [6, 6.07) is 8.10. The van der Waals surface area contributed by atoms with Gasteiger partial charge in [0.25, 0.3) is 0 Å². The molecule has 0 spiro atoms. The number of carbonyl (C=O) groups excluding carboxylic acids is 2. The van der Waals surface area contributed by atoms with E-state index in [1.165, 1.54) is 0 Å². The molecule has 2 aliphatic rings. The summed E-state index contributed by atoms with van der Waals surface area (Å²) in [7, 11) is 0. The van der Waals surface area contributed by atoms with Crippen molar-refractivity contribution in [1.29, 1.82) is 0 Å². The molecule has 2 amide bonds. The molecule has 1 saturated heterocycles. The van der Waals surface area contributed by atoms with E-state index in [0.717, 1.165) is 67.0 Å². The molecular weight excluding hydrogens is 507 g/mol. The summed E-state index contributed by atoms with van der Waals surface area (Å²) in [4.78, 5) is 32.9. The lowest BCUT2D eigenvalue weighted by molar-refractivity contribution is -0.138. The van der Waals surface area contributed by atoms with E-state index in [2.05, 4.69) is 23.8 Å². The van der Waals surface area contributed by atoms with Crippen LogP contribution in [0.4, 0.5) is 18.9 Å². The third-order valence-electron chi connectivity index (χ3n) is 7.95. The maximum Gasteiger partial charge on any atom is 0.419 e. The van der Waals surface area contributed by atoms with Crippen LogP contribution in [0.5, 0.6) is 0 Å². The Balaban J connectivity index is 1.69. The van der Waals surface area contributed by atoms with Crippen LogP contribution in [-0.4, -0.2) is 63.1 Å². The molecule has 0 aliphatic carbocycles. The van der Waals surface area contributed by atoms with Gasteiger partial charge in [-0.05, 0) is 49.8 Å². The standard InChI is InChI=1S/C29H40F3N5O2/c1-4-27(38)37-15-13-24-9-7-10-25(36(24)14-12-21(2)3)19-34(17-22-8-5-6-11-26(22)37)28(39)20-35-18-23(16-33-35)29(30,31)32/h5-6,8,11,16,18,21,24-25H,4,7,9-10,12-15,17,19-20H2,1-3H3. The number of alkyl halides is 3. The van der Waals surface area contributed by atoms with Gasteiger partial charge in [0.2, 0.25) is 11.8 Å². The van der Waals surface area contributed by atoms with Gasteiger partial charge in [0.15, 0.2) is 0 Å². The topological polar surface area (TPSA) is 61.7 Å². The molecule has 0 saturated carbocycles. The zero-order valence-electron chi connectivity index (χ0n) is 23.2. The van der Waals surface area contributed by atoms with Gasteiger partial charge in [-0.2, -0.15) is 18.3 Å². The van der Waals surface area contributed by atoms with Crippen molar-refractivity contribution in [2.45, 2.75) is 90.6 Å². The van der Waals surface area contributed by atoms with Crippen LogP contribution in [0.25, 0.3) is 0 Å². The number of hydrogen-bond donors (Lipinski definition) is 0. The van der Waals surface area contributed by atoms with Gasteiger partial charge in [0.1, 0.15) is 6.54 Å². The number of para-hydroxylation sites is 1. The van der Waals surface area contributed by atoms with Crippen molar-refractivity contribution in [3.63, 3.8) is 0 Å². The lowest BCUT2D eigenvalue weighted by Gasteiger charge is -2.44. The van der Waals surface area contributed by atoms with Crippen molar-refractivity contribution >= 4 is 17.5 Å². The fraction of sp³-hybridized carbons (Fsp3) is 0.621. The quantitative estimate of drug-likeness (QED) is 0.490. The monoisotopic (exact) mass is 547 g/mol. The van der Waals surface area contributed by atoms with Gasteiger partial charge >= 0.3 is 6.18 Å². The summed E-state index contributed by atoms with van der Waals surface area (Å²) in [6.07, 6.45) is 2.43. The number of nitrogens with zero attached hydrogens (tertiary/aromatic N) is 5. The molecule has 2 aromatic rings. The predicted octanol–water partition coefficient (Wildman–Crippen LogP) is 5.35. The van der Waals surface area contributed by atoms with E-state index in [-0.39, 0.29) is 30.9 Å². The zero-order chi connectivity index (χ0) is 28.2. The average Bonchev–Trinajstić information content (AvgIpc) is 3.36. The molecule has 2 unspecified atom stereocenters. The fourth-order valence-corrected chi connectivity index (χ4v) is 5.80. The van der Waals surface area contributed by atoms with Gasteiger partial charge in [-0.15, -0.1) is 0 Å². The second-order valence-electron chi connectivity index (χ2n) is 11.2. The minimum absolute atomic E-state index is 0.0388. The number of anilines is 1. The number of piperidine rings is 1. The van der Waals surface area contributed by atoms with Crippen molar-refractivity contribution in [3.05, 3.63) is 47.8 Å². The van der Waals surface area contributed by atoms with E-state index in [4.69, 9.17) is 0 Å². The highest BCUT2D eigenvalue weighted by molar-refractivity contribution is 5.94. The van der Waals surface area contributed by atoms with Crippen LogP contribution in [0.15, 0.2) is 36.7 Å². The van der Waals surface area contributed by atoms with Crippen molar-refractivity contribution in [2.24, 2.45) is 5.92 Å². The summed E-state index contributed by atoms with van der Waals surface area (Å²) < 4.78 is 40.5. The van der Waals surface area contributed by atoms with Crippen LogP contribution < -0.4 is 4.90 Å². The van der Waals surface area contributed by atoms with Crippen molar-refractivity contribution < 1.29 is 22.8 Å². The van der Waals surface area contributed by atoms with Gasteiger partial charge in [-0.1, -0.05) is 45.4 Å². The minimum atomic E-state index is -4.52. The van der Waals surface area contributed by atoms with Crippen LogP contribution >= 0.6 is 0 Å². The Morgan fingerprint density at radius 2 is 1.82 bits per heavy atom. The highest BCUT2D eigenvalue weighted by Crippen LogP contribution is 2.32. The first-order valence-corrected chi connectivity index (χ1v) is 14.1. The molecule has 1 aromatic carbocycles. The highest BCUT2D eigenvalue weighted by atomic mass is 19.4. The molecule has 3 heterocycles. The Hall–Kier alpha value is -2.88. The van der Waals surface area contributed by atoms with Gasteiger partial charge < -0.3 is 9.80 Å².